The third-order valence-corrected chi connectivity index (χ3v) is 4.03. The van der Waals surface area contributed by atoms with Gasteiger partial charge in [0.1, 0.15) is 5.75 Å². The Morgan fingerprint density at radius 1 is 0.889 bits per heavy atom. The summed E-state index contributed by atoms with van der Waals surface area (Å²) < 4.78 is 15.8. The molecule has 0 heterocycles. The van der Waals surface area contributed by atoms with Gasteiger partial charge in [0.2, 0.25) is 5.75 Å². The molecule has 0 aliphatic carbocycles. The van der Waals surface area contributed by atoms with E-state index in [-0.39, 0.29) is 5.75 Å². The average molecular weight is 368 g/mol. The molecule has 0 unspecified atom stereocenters. The Balaban J connectivity index is 1.84. The van der Waals surface area contributed by atoms with Crippen LogP contribution in [-0.2, 0) is 0 Å². The fraction of sp³-hybridized carbons (Fsp3) is 0.150. The number of urea groups is 1. The Kier molecular flexibility index (Phi) is 5.21. The van der Waals surface area contributed by atoms with Crippen LogP contribution in [0.4, 0.5) is 16.2 Å². The second-order valence-corrected chi connectivity index (χ2v) is 5.70. The maximum Gasteiger partial charge on any atom is 0.323 e. The second-order valence-electron chi connectivity index (χ2n) is 5.70. The summed E-state index contributed by atoms with van der Waals surface area (Å²) in [7, 11) is 4.53. The smallest absolute Gasteiger partial charge is 0.323 e. The van der Waals surface area contributed by atoms with Gasteiger partial charge in [0.15, 0.2) is 11.5 Å². The SMILES string of the molecule is COc1cc(NC(=O)Nc2cccc3cc(O)ccc23)cc(OC)c1OC. The first-order chi connectivity index (χ1) is 13.0. The third-order valence-electron chi connectivity index (χ3n) is 4.03. The summed E-state index contributed by atoms with van der Waals surface area (Å²) in [6, 6.07) is 13.3. The first-order valence-electron chi connectivity index (χ1n) is 8.15. The largest absolute Gasteiger partial charge is 0.508 e. The van der Waals surface area contributed by atoms with Crippen molar-refractivity contribution in [1.29, 1.82) is 0 Å². The number of carbonyl (C=O) groups is 1. The number of phenolic OH excluding ortho intramolecular Hbond substituents is 1. The van der Waals surface area contributed by atoms with Crippen molar-refractivity contribution in [2.75, 3.05) is 32.0 Å². The molecular weight excluding hydrogens is 348 g/mol. The van der Waals surface area contributed by atoms with Crippen LogP contribution >= 0.6 is 0 Å². The van der Waals surface area contributed by atoms with E-state index in [0.29, 0.717) is 28.6 Å². The van der Waals surface area contributed by atoms with E-state index in [2.05, 4.69) is 10.6 Å². The van der Waals surface area contributed by atoms with Crippen molar-refractivity contribution < 1.29 is 24.1 Å². The minimum atomic E-state index is -0.426. The van der Waals surface area contributed by atoms with Crippen molar-refractivity contribution in [3.8, 4) is 23.0 Å². The topological polar surface area (TPSA) is 89.1 Å². The van der Waals surface area contributed by atoms with Gasteiger partial charge in [-0.2, -0.15) is 0 Å². The summed E-state index contributed by atoms with van der Waals surface area (Å²) >= 11 is 0. The van der Waals surface area contributed by atoms with Crippen molar-refractivity contribution in [3.63, 3.8) is 0 Å². The standard InChI is InChI=1S/C20H20N2O5/c1-25-17-10-13(11-18(26-2)19(17)27-3)21-20(24)22-16-6-4-5-12-9-14(23)7-8-15(12)16/h4-11,23H,1-3H3,(H2,21,22,24). The quantitative estimate of drug-likeness (QED) is 0.628. The predicted molar refractivity (Wildman–Crippen MR) is 104 cm³/mol. The van der Waals surface area contributed by atoms with Crippen LogP contribution in [0.1, 0.15) is 0 Å². The number of anilines is 2. The fourth-order valence-corrected chi connectivity index (χ4v) is 2.82. The maximum atomic E-state index is 12.5. The third kappa shape index (κ3) is 3.82. The van der Waals surface area contributed by atoms with Crippen molar-refractivity contribution >= 4 is 28.2 Å². The van der Waals surface area contributed by atoms with Crippen LogP contribution < -0.4 is 24.8 Å². The number of hydrogen-bond acceptors (Lipinski definition) is 5. The Bertz CT molecular complexity index is 962. The van der Waals surface area contributed by atoms with Crippen molar-refractivity contribution in [2.24, 2.45) is 0 Å². The van der Waals surface area contributed by atoms with Crippen molar-refractivity contribution in [1.82, 2.24) is 0 Å². The Labute approximate surface area is 156 Å². The predicted octanol–water partition coefficient (Wildman–Crippen LogP) is 4.22. The van der Waals surface area contributed by atoms with Crippen LogP contribution in [0.2, 0.25) is 0 Å². The number of amides is 2. The van der Waals surface area contributed by atoms with Crippen LogP contribution in [-0.4, -0.2) is 32.5 Å². The lowest BCUT2D eigenvalue weighted by molar-refractivity contribution is 0.262. The summed E-state index contributed by atoms with van der Waals surface area (Å²) in [6.45, 7) is 0. The molecule has 0 spiro atoms. The molecule has 0 fully saturated rings. The lowest BCUT2D eigenvalue weighted by Gasteiger charge is -2.15. The molecule has 0 aromatic heterocycles. The van der Waals surface area contributed by atoms with Gasteiger partial charge in [-0.1, -0.05) is 12.1 Å². The fourth-order valence-electron chi connectivity index (χ4n) is 2.82. The minimum Gasteiger partial charge on any atom is -0.508 e. The van der Waals surface area contributed by atoms with E-state index in [1.54, 1.807) is 42.5 Å². The molecule has 3 aromatic carbocycles. The lowest BCUT2D eigenvalue weighted by atomic mass is 10.1. The summed E-state index contributed by atoms with van der Waals surface area (Å²) in [5.74, 6) is 1.49. The van der Waals surface area contributed by atoms with Gasteiger partial charge in [0.05, 0.1) is 32.7 Å². The van der Waals surface area contributed by atoms with E-state index in [1.807, 2.05) is 6.07 Å². The number of hydrogen-bond donors (Lipinski definition) is 3. The zero-order chi connectivity index (χ0) is 19.4. The van der Waals surface area contributed by atoms with Gasteiger partial charge < -0.3 is 30.0 Å². The normalized spacial score (nSPS) is 10.3. The molecule has 0 atom stereocenters. The Morgan fingerprint density at radius 3 is 2.22 bits per heavy atom. The van der Waals surface area contributed by atoms with Gasteiger partial charge in [-0.05, 0) is 29.7 Å². The number of benzene rings is 3. The highest BCUT2D eigenvalue weighted by Gasteiger charge is 2.15. The van der Waals surface area contributed by atoms with Crippen molar-refractivity contribution in [2.45, 2.75) is 0 Å². The van der Waals surface area contributed by atoms with E-state index >= 15 is 0 Å². The highest BCUT2D eigenvalue weighted by atomic mass is 16.5. The summed E-state index contributed by atoms with van der Waals surface area (Å²) in [6.07, 6.45) is 0. The molecule has 3 N–H and O–H groups in total. The first-order valence-corrected chi connectivity index (χ1v) is 8.15. The molecule has 0 aliphatic heterocycles. The summed E-state index contributed by atoms with van der Waals surface area (Å²) in [5, 5.41) is 16.8. The van der Waals surface area contributed by atoms with Crippen LogP contribution in [0.25, 0.3) is 10.8 Å². The molecule has 7 heteroatoms. The molecule has 0 radical (unpaired) electrons. The van der Waals surface area contributed by atoms with Gasteiger partial charge in [0, 0.05) is 17.5 Å². The number of methoxy groups -OCH3 is 3. The molecular formula is C20H20N2O5. The molecule has 0 saturated heterocycles. The first kappa shape index (κ1) is 18.2. The molecule has 140 valence electrons. The Hall–Kier alpha value is -3.61. The van der Waals surface area contributed by atoms with Crippen LogP contribution in [0.5, 0.6) is 23.0 Å². The van der Waals surface area contributed by atoms with Crippen LogP contribution in [0.15, 0.2) is 48.5 Å². The molecule has 0 saturated carbocycles. The molecule has 2 amide bonds. The number of nitrogens with one attached hydrogen (secondary N) is 2. The van der Waals surface area contributed by atoms with Gasteiger partial charge in [0.25, 0.3) is 0 Å². The van der Waals surface area contributed by atoms with Gasteiger partial charge >= 0.3 is 6.03 Å². The Morgan fingerprint density at radius 2 is 1.59 bits per heavy atom. The van der Waals surface area contributed by atoms with E-state index in [1.165, 1.54) is 21.3 Å². The van der Waals surface area contributed by atoms with E-state index in [0.717, 1.165) is 10.8 Å². The molecule has 0 bridgehead atoms. The number of aromatic hydroxyl groups is 1. The summed E-state index contributed by atoms with van der Waals surface area (Å²) in [5.41, 5.74) is 1.11. The molecule has 7 nitrogen and oxygen atoms in total. The zero-order valence-corrected chi connectivity index (χ0v) is 15.2. The zero-order valence-electron chi connectivity index (χ0n) is 15.2. The van der Waals surface area contributed by atoms with Crippen molar-refractivity contribution in [3.05, 3.63) is 48.5 Å². The van der Waals surface area contributed by atoms with E-state index in [4.69, 9.17) is 14.2 Å². The van der Waals surface area contributed by atoms with Gasteiger partial charge in [-0.3, -0.25) is 0 Å². The highest BCUT2D eigenvalue weighted by Crippen LogP contribution is 2.40. The number of rotatable bonds is 5. The highest BCUT2D eigenvalue weighted by molar-refractivity contribution is 6.06. The second kappa shape index (κ2) is 7.74. The van der Waals surface area contributed by atoms with Gasteiger partial charge in [-0.25, -0.2) is 4.79 Å². The summed E-state index contributed by atoms with van der Waals surface area (Å²) in [4.78, 5) is 12.5. The van der Waals surface area contributed by atoms with E-state index in [9.17, 15) is 9.90 Å². The number of fused-ring (bicyclic) bond motifs is 1. The van der Waals surface area contributed by atoms with E-state index < -0.39 is 6.03 Å². The average Bonchev–Trinajstić information content (AvgIpc) is 2.66. The molecule has 3 aromatic rings. The minimum absolute atomic E-state index is 0.168. The van der Waals surface area contributed by atoms with Crippen LogP contribution in [0.3, 0.4) is 0 Å². The maximum absolute atomic E-state index is 12.5. The number of ether oxygens (including phenoxy) is 3. The van der Waals surface area contributed by atoms with Crippen LogP contribution in [0, 0.1) is 0 Å². The molecule has 3 rings (SSSR count). The van der Waals surface area contributed by atoms with Gasteiger partial charge in [-0.15, -0.1) is 0 Å². The number of carbonyl (C=O) groups excluding carboxylic acids is 1. The molecule has 27 heavy (non-hydrogen) atoms. The number of phenols is 1. The molecule has 0 aliphatic rings. The monoisotopic (exact) mass is 368 g/mol. The lowest BCUT2D eigenvalue weighted by Crippen LogP contribution is -2.19.